The Morgan fingerprint density at radius 3 is 2.58 bits per heavy atom. The molecule has 0 fully saturated rings. The number of amides is 2. The highest BCUT2D eigenvalue weighted by Crippen LogP contribution is 2.31. The number of hydrazone groups is 1. The summed E-state index contributed by atoms with van der Waals surface area (Å²) in [5.74, 6) is 0.141. The van der Waals surface area contributed by atoms with E-state index in [2.05, 4.69) is 15.8 Å². The minimum Gasteiger partial charge on any atom is -0.455 e. The lowest BCUT2D eigenvalue weighted by Gasteiger charge is -2.13. The molecule has 1 aliphatic carbocycles. The van der Waals surface area contributed by atoms with Crippen LogP contribution in [-0.4, -0.2) is 17.5 Å². The fraction of sp³-hybridized carbons (Fsp3) is 0.174. The van der Waals surface area contributed by atoms with Gasteiger partial charge in [-0.05, 0) is 50.1 Å². The lowest BCUT2D eigenvalue weighted by molar-refractivity contribution is 0.0953. The summed E-state index contributed by atoms with van der Waals surface area (Å²) < 4.78 is 5.88. The molecule has 2 amide bonds. The van der Waals surface area contributed by atoms with Crippen molar-refractivity contribution in [3.8, 4) is 0 Å². The van der Waals surface area contributed by atoms with E-state index in [1.54, 1.807) is 49.4 Å². The summed E-state index contributed by atoms with van der Waals surface area (Å²) in [6, 6.07) is 13.7. The maximum Gasteiger partial charge on any atom is 0.291 e. The number of nitrogens with one attached hydrogen (secondary N) is 2. The van der Waals surface area contributed by atoms with Gasteiger partial charge >= 0.3 is 0 Å². The van der Waals surface area contributed by atoms with E-state index in [0.717, 1.165) is 12.0 Å². The Balaban J connectivity index is 1.59. The molecule has 1 aliphatic rings. The third-order valence-electron chi connectivity index (χ3n) is 5.04. The van der Waals surface area contributed by atoms with E-state index in [0.29, 0.717) is 51.2 Å². The van der Waals surface area contributed by atoms with Crippen molar-refractivity contribution in [2.24, 2.45) is 5.10 Å². The van der Waals surface area contributed by atoms with Crippen molar-refractivity contribution in [2.45, 2.75) is 26.2 Å². The first-order valence-corrected chi connectivity index (χ1v) is 10.5. The summed E-state index contributed by atoms with van der Waals surface area (Å²) in [6.45, 7) is 1.80. The summed E-state index contributed by atoms with van der Waals surface area (Å²) in [4.78, 5) is 25.2. The van der Waals surface area contributed by atoms with Gasteiger partial charge in [-0.3, -0.25) is 9.59 Å². The fourth-order valence-electron chi connectivity index (χ4n) is 3.54. The lowest BCUT2D eigenvalue weighted by atomic mass is 9.93. The van der Waals surface area contributed by atoms with E-state index in [1.165, 1.54) is 0 Å². The molecule has 0 saturated heterocycles. The van der Waals surface area contributed by atoms with Gasteiger partial charge in [0, 0.05) is 28.1 Å². The molecule has 0 atom stereocenters. The average Bonchev–Trinajstić information content (AvgIpc) is 3.12. The van der Waals surface area contributed by atoms with E-state index >= 15 is 0 Å². The lowest BCUT2D eigenvalue weighted by Crippen LogP contribution is -2.22. The number of furan rings is 1. The Labute approximate surface area is 189 Å². The number of rotatable bonds is 4. The van der Waals surface area contributed by atoms with Gasteiger partial charge in [-0.15, -0.1) is 0 Å². The quantitative estimate of drug-likeness (QED) is 0.500. The first-order chi connectivity index (χ1) is 14.9. The number of hydrogen-bond donors (Lipinski definition) is 2. The van der Waals surface area contributed by atoms with Gasteiger partial charge in [-0.1, -0.05) is 41.4 Å². The van der Waals surface area contributed by atoms with Crippen molar-refractivity contribution >= 4 is 46.4 Å². The summed E-state index contributed by atoms with van der Waals surface area (Å²) in [7, 11) is 0. The molecule has 0 spiro atoms. The molecule has 3 aromatic rings. The molecule has 0 bridgehead atoms. The molecule has 0 radical (unpaired) electrons. The van der Waals surface area contributed by atoms with Crippen LogP contribution in [0.5, 0.6) is 0 Å². The second-order valence-electron chi connectivity index (χ2n) is 7.15. The molecule has 4 rings (SSSR count). The molecule has 0 saturated carbocycles. The third-order valence-corrected chi connectivity index (χ3v) is 5.60. The molecule has 0 unspecified atom stereocenters. The molecule has 2 aromatic carbocycles. The molecule has 8 heteroatoms. The van der Waals surface area contributed by atoms with Gasteiger partial charge in [-0.2, -0.15) is 5.10 Å². The van der Waals surface area contributed by atoms with E-state index in [-0.39, 0.29) is 11.7 Å². The summed E-state index contributed by atoms with van der Waals surface area (Å²) in [5.41, 5.74) is 5.64. The van der Waals surface area contributed by atoms with Crippen molar-refractivity contribution in [2.75, 3.05) is 5.32 Å². The van der Waals surface area contributed by atoms with Gasteiger partial charge in [0.25, 0.3) is 11.8 Å². The zero-order valence-corrected chi connectivity index (χ0v) is 18.2. The maximum atomic E-state index is 12.9. The van der Waals surface area contributed by atoms with Crippen LogP contribution in [0.15, 0.2) is 58.0 Å². The second-order valence-corrected chi connectivity index (χ2v) is 8.00. The number of benzene rings is 2. The van der Waals surface area contributed by atoms with Gasteiger partial charge in [0.15, 0.2) is 5.76 Å². The number of halogens is 2. The Morgan fingerprint density at radius 2 is 1.81 bits per heavy atom. The summed E-state index contributed by atoms with van der Waals surface area (Å²) in [6.07, 6.45) is 2.16. The highest BCUT2D eigenvalue weighted by atomic mass is 35.5. The molecular weight excluding hydrogens is 437 g/mol. The number of carbonyl (C=O) groups is 2. The maximum absolute atomic E-state index is 12.9. The predicted octanol–water partition coefficient (Wildman–Crippen LogP) is 5.62. The molecule has 2 N–H and O–H groups in total. The molecule has 6 nitrogen and oxygen atoms in total. The van der Waals surface area contributed by atoms with Gasteiger partial charge in [0.05, 0.1) is 16.4 Å². The van der Waals surface area contributed by atoms with Crippen LogP contribution >= 0.6 is 23.2 Å². The van der Waals surface area contributed by atoms with E-state index in [9.17, 15) is 9.59 Å². The Kier molecular flexibility index (Phi) is 6.11. The van der Waals surface area contributed by atoms with Crippen LogP contribution in [0.3, 0.4) is 0 Å². The highest BCUT2D eigenvalue weighted by Gasteiger charge is 2.28. The monoisotopic (exact) mass is 455 g/mol. The normalized spacial score (nSPS) is 14.2. The summed E-state index contributed by atoms with van der Waals surface area (Å²) in [5, 5.41) is 7.91. The van der Waals surface area contributed by atoms with Crippen LogP contribution in [0.2, 0.25) is 10.0 Å². The number of nitrogens with zero attached hydrogens (tertiary/aromatic N) is 1. The number of hydrogen-bond acceptors (Lipinski definition) is 4. The Bertz CT molecular complexity index is 1190. The zero-order chi connectivity index (χ0) is 22.0. The Hall–Kier alpha value is -3.09. The van der Waals surface area contributed by atoms with Crippen LogP contribution in [-0.2, 0) is 6.42 Å². The van der Waals surface area contributed by atoms with E-state index in [4.69, 9.17) is 27.6 Å². The molecule has 1 aromatic heterocycles. The minimum absolute atomic E-state index is 0.185. The number of anilines is 1. The van der Waals surface area contributed by atoms with Crippen LogP contribution in [0, 0.1) is 6.92 Å². The van der Waals surface area contributed by atoms with Crippen molar-refractivity contribution < 1.29 is 14.0 Å². The van der Waals surface area contributed by atoms with E-state index in [1.807, 2.05) is 6.07 Å². The van der Waals surface area contributed by atoms with Gasteiger partial charge in [-0.25, -0.2) is 5.43 Å². The van der Waals surface area contributed by atoms with Crippen molar-refractivity contribution in [3.63, 3.8) is 0 Å². The molecule has 31 heavy (non-hydrogen) atoms. The number of carbonyl (C=O) groups excluding carboxylic acids is 2. The molecule has 1 heterocycles. The van der Waals surface area contributed by atoms with Crippen molar-refractivity contribution in [3.05, 3.63) is 86.8 Å². The average molecular weight is 456 g/mol. The Morgan fingerprint density at radius 1 is 1.03 bits per heavy atom. The SMILES string of the molecule is Cc1c(C(=O)Nc2cc(Cl)ccc2Cl)oc2c1/C(=N/NC(=O)c1ccccc1)CCC2. The van der Waals surface area contributed by atoms with Crippen molar-refractivity contribution in [1.82, 2.24) is 5.43 Å². The molecule has 158 valence electrons. The smallest absolute Gasteiger partial charge is 0.291 e. The van der Waals surface area contributed by atoms with E-state index < -0.39 is 5.91 Å². The van der Waals surface area contributed by atoms with Crippen LogP contribution in [0.25, 0.3) is 0 Å². The minimum atomic E-state index is -0.427. The molecule has 0 aliphatic heterocycles. The van der Waals surface area contributed by atoms with Gasteiger partial charge in [0.2, 0.25) is 0 Å². The largest absolute Gasteiger partial charge is 0.455 e. The van der Waals surface area contributed by atoms with Crippen LogP contribution in [0.1, 0.15) is 50.6 Å². The van der Waals surface area contributed by atoms with Gasteiger partial charge < -0.3 is 9.73 Å². The first-order valence-electron chi connectivity index (χ1n) is 9.75. The highest BCUT2D eigenvalue weighted by molar-refractivity contribution is 6.35. The second kappa shape index (κ2) is 8.96. The number of fused-ring (bicyclic) bond motifs is 1. The van der Waals surface area contributed by atoms with Gasteiger partial charge in [0.1, 0.15) is 5.76 Å². The standard InChI is InChI=1S/C23H19Cl2N3O3/c1-13-20-17(27-28-22(29)14-6-3-2-4-7-14)8-5-9-19(20)31-21(13)23(30)26-18-12-15(24)10-11-16(18)25/h2-4,6-7,10-12H,5,8-9H2,1H3,(H,26,30)(H,28,29)/b27-17+. The van der Waals surface area contributed by atoms with Crippen molar-refractivity contribution in [1.29, 1.82) is 0 Å². The topological polar surface area (TPSA) is 83.7 Å². The fourth-order valence-corrected chi connectivity index (χ4v) is 3.88. The third kappa shape index (κ3) is 4.50. The zero-order valence-electron chi connectivity index (χ0n) is 16.7. The van der Waals surface area contributed by atoms with Crippen LogP contribution < -0.4 is 10.7 Å². The predicted molar refractivity (Wildman–Crippen MR) is 121 cm³/mol. The van der Waals surface area contributed by atoms with Crippen LogP contribution in [0.4, 0.5) is 5.69 Å². The molecular formula is C23H19Cl2N3O3. The first kappa shape index (κ1) is 21.2. The number of aryl methyl sites for hydroxylation is 1. The summed E-state index contributed by atoms with van der Waals surface area (Å²) >= 11 is 12.2.